The molecule has 1 aliphatic rings. The molecule has 0 saturated heterocycles. The molecule has 1 aromatic heterocycles. The third-order valence-corrected chi connectivity index (χ3v) is 4.18. The number of amides is 1. The second-order valence-electron chi connectivity index (χ2n) is 6.10. The van der Waals surface area contributed by atoms with Gasteiger partial charge >= 0.3 is 12.1 Å². The second kappa shape index (κ2) is 7.93. The first-order valence-electron chi connectivity index (χ1n) is 8.57. The number of hydrogen-bond donors (Lipinski definition) is 1. The number of alkyl halides is 3. The highest BCUT2D eigenvalue weighted by atomic mass is 19.4. The molecule has 3 rings (SSSR count). The van der Waals surface area contributed by atoms with E-state index in [4.69, 9.17) is 0 Å². The Balaban J connectivity index is 1.96. The summed E-state index contributed by atoms with van der Waals surface area (Å²) in [6.07, 6.45) is -2.65. The lowest BCUT2D eigenvalue weighted by Gasteiger charge is -2.22. The molecule has 1 N–H and O–H groups in total. The number of carbonyl (C=O) groups is 2. The van der Waals surface area contributed by atoms with E-state index in [-0.39, 0.29) is 10.6 Å². The van der Waals surface area contributed by atoms with Crippen LogP contribution in [0.3, 0.4) is 0 Å². The van der Waals surface area contributed by atoms with E-state index in [1.807, 2.05) is 6.92 Å². The zero-order valence-electron chi connectivity index (χ0n) is 14.9. The number of hydroxylamine groups is 1. The van der Waals surface area contributed by atoms with Gasteiger partial charge in [0.25, 0.3) is 11.9 Å². The first-order chi connectivity index (χ1) is 13.3. The topological polar surface area (TPSA) is 84.4 Å². The van der Waals surface area contributed by atoms with Crippen LogP contribution < -0.4 is 10.4 Å². The Morgan fingerprint density at radius 3 is 2.61 bits per heavy atom. The molecule has 0 radical (unpaired) electrons. The predicted octanol–water partition coefficient (Wildman–Crippen LogP) is 2.35. The van der Waals surface area contributed by atoms with Crippen LogP contribution >= 0.6 is 0 Å². The fourth-order valence-electron chi connectivity index (χ4n) is 2.63. The zero-order chi connectivity index (χ0) is 20.3. The summed E-state index contributed by atoms with van der Waals surface area (Å²) < 4.78 is 38.1. The van der Waals surface area contributed by atoms with Gasteiger partial charge in [-0.3, -0.25) is 4.79 Å². The van der Waals surface area contributed by atoms with Crippen LogP contribution in [0, 0.1) is 0 Å². The molecule has 0 atom stereocenters. The summed E-state index contributed by atoms with van der Waals surface area (Å²) in [5.41, 5.74) is 2.31. The standard InChI is InChI=1S/C18H17F3N4O3/c1-2-11-3-5-12(6-4-11)15(26)25(28-16(27)18(19,20)21)17-23-10-13-9-22-8-7-14(13)24-17/h3-6,10,22H,2,7-9H2,1H3. The average Bonchev–Trinajstić information content (AvgIpc) is 2.70. The summed E-state index contributed by atoms with van der Waals surface area (Å²) >= 11 is 0. The molecule has 1 aliphatic heterocycles. The first kappa shape index (κ1) is 19.7. The number of rotatable bonds is 3. The van der Waals surface area contributed by atoms with Gasteiger partial charge in [-0.25, -0.2) is 14.8 Å². The molecule has 2 aromatic rings. The number of anilines is 1. The summed E-state index contributed by atoms with van der Waals surface area (Å²) in [5, 5.41) is 3.30. The Hall–Kier alpha value is -3.01. The Bertz CT molecular complexity index is 885. The molecule has 1 amide bonds. The van der Waals surface area contributed by atoms with Crippen molar-refractivity contribution < 1.29 is 27.6 Å². The van der Waals surface area contributed by atoms with Crippen LogP contribution in [0.2, 0.25) is 0 Å². The minimum Gasteiger partial charge on any atom is -0.321 e. The highest BCUT2D eigenvalue weighted by molar-refractivity contribution is 6.04. The van der Waals surface area contributed by atoms with Crippen LogP contribution in [0.1, 0.15) is 34.1 Å². The molecule has 2 heterocycles. The van der Waals surface area contributed by atoms with Crippen molar-refractivity contribution in [2.75, 3.05) is 11.6 Å². The maximum atomic E-state index is 12.8. The van der Waals surface area contributed by atoms with E-state index < -0.39 is 24.0 Å². The van der Waals surface area contributed by atoms with Gasteiger partial charge in [-0.05, 0) is 24.1 Å². The van der Waals surface area contributed by atoms with Gasteiger partial charge in [-0.1, -0.05) is 24.1 Å². The highest BCUT2D eigenvalue weighted by Crippen LogP contribution is 2.22. The molecule has 0 unspecified atom stereocenters. The van der Waals surface area contributed by atoms with Gasteiger partial charge < -0.3 is 10.2 Å². The number of fused-ring (bicyclic) bond motifs is 1. The number of nitrogens with zero attached hydrogens (tertiary/aromatic N) is 3. The average molecular weight is 394 g/mol. The number of halogens is 3. The number of aromatic nitrogens is 2. The van der Waals surface area contributed by atoms with Crippen molar-refractivity contribution in [2.45, 2.75) is 32.5 Å². The third-order valence-electron chi connectivity index (χ3n) is 4.18. The van der Waals surface area contributed by atoms with Crippen LogP contribution in [-0.2, 0) is 29.0 Å². The normalized spacial score (nSPS) is 13.6. The molecule has 1 aromatic carbocycles. The molecule has 0 fully saturated rings. The number of carbonyl (C=O) groups excluding carboxylic acids is 2. The van der Waals surface area contributed by atoms with Gasteiger partial charge in [0.2, 0.25) is 0 Å². The van der Waals surface area contributed by atoms with Crippen molar-refractivity contribution in [2.24, 2.45) is 0 Å². The monoisotopic (exact) mass is 394 g/mol. The molecular weight excluding hydrogens is 377 g/mol. The van der Waals surface area contributed by atoms with Gasteiger partial charge in [-0.2, -0.15) is 13.2 Å². The Morgan fingerprint density at radius 1 is 1.25 bits per heavy atom. The van der Waals surface area contributed by atoms with Crippen molar-refractivity contribution in [3.63, 3.8) is 0 Å². The van der Waals surface area contributed by atoms with Crippen LogP contribution in [-0.4, -0.2) is 34.6 Å². The van der Waals surface area contributed by atoms with E-state index in [0.29, 0.717) is 25.2 Å². The lowest BCUT2D eigenvalue weighted by atomic mass is 10.1. The van der Waals surface area contributed by atoms with Crippen molar-refractivity contribution in [3.05, 3.63) is 52.8 Å². The van der Waals surface area contributed by atoms with Crippen molar-refractivity contribution in [3.8, 4) is 0 Å². The third kappa shape index (κ3) is 4.28. The number of aryl methyl sites for hydroxylation is 1. The number of nitrogens with one attached hydrogen (secondary N) is 1. The Labute approximate surface area is 158 Å². The zero-order valence-corrected chi connectivity index (χ0v) is 14.9. The molecule has 28 heavy (non-hydrogen) atoms. The summed E-state index contributed by atoms with van der Waals surface area (Å²) in [4.78, 5) is 36.5. The van der Waals surface area contributed by atoms with Crippen LogP contribution in [0.15, 0.2) is 30.5 Å². The SMILES string of the molecule is CCc1ccc(C(=O)N(OC(=O)C(F)(F)F)c2ncc3c(n2)CCNC3)cc1. The highest BCUT2D eigenvalue weighted by Gasteiger charge is 2.44. The predicted molar refractivity (Wildman–Crippen MR) is 92.2 cm³/mol. The van der Waals surface area contributed by atoms with E-state index in [1.165, 1.54) is 18.3 Å². The minimum atomic E-state index is -5.28. The fourth-order valence-corrected chi connectivity index (χ4v) is 2.63. The summed E-state index contributed by atoms with van der Waals surface area (Å²) in [6.45, 7) is 3.05. The maximum absolute atomic E-state index is 12.8. The molecule has 148 valence electrons. The molecule has 7 nitrogen and oxygen atoms in total. The van der Waals surface area contributed by atoms with E-state index in [1.54, 1.807) is 12.1 Å². The molecule has 0 saturated carbocycles. The molecule has 0 spiro atoms. The van der Waals surface area contributed by atoms with Gasteiger partial charge in [-0.15, -0.1) is 0 Å². The molecule has 10 heteroatoms. The number of hydrogen-bond acceptors (Lipinski definition) is 6. The maximum Gasteiger partial charge on any atom is 0.493 e. The minimum absolute atomic E-state index is 0.0372. The van der Waals surface area contributed by atoms with Crippen LogP contribution in [0.5, 0.6) is 0 Å². The van der Waals surface area contributed by atoms with E-state index in [9.17, 15) is 22.8 Å². The van der Waals surface area contributed by atoms with Gasteiger partial charge in [0.1, 0.15) is 0 Å². The summed E-state index contributed by atoms with van der Waals surface area (Å²) in [6, 6.07) is 6.21. The summed E-state index contributed by atoms with van der Waals surface area (Å²) in [7, 11) is 0. The van der Waals surface area contributed by atoms with Gasteiger partial charge in [0.15, 0.2) is 0 Å². The quantitative estimate of drug-likeness (QED) is 0.805. The van der Waals surface area contributed by atoms with Gasteiger partial charge in [0, 0.05) is 36.8 Å². The van der Waals surface area contributed by atoms with Crippen LogP contribution in [0.4, 0.5) is 19.1 Å². The van der Waals surface area contributed by atoms with Crippen molar-refractivity contribution >= 4 is 17.8 Å². The summed E-state index contributed by atoms with van der Waals surface area (Å²) in [5.74, 6) is -3.94. The molecule has 0 bridgehead atoms. The Morgan fingerprint density at radius 2 is 1.96 bits per heavy atom. The second-order valence-corrected chi connectivity index (χ2v) is 6.10. The van der Waals surface area contributed by atoms with Crippen molar-refractivity contribution in [1.82, 2.24) is 15.3 Å². The van der Waals surface area contributed by atoms with E-state index >= 15 is 0 Å². The molecular formula is C18H17F3N4O3. The van der Waals surface area contributed by atoms with E-state index in [2.05, 4.69) is 20.1 Å². The largest absolute Gasteiger partial charge is 0.493 e. The lowest BCUT2D eigenvalue weighted by molar-refractivity contribution is -0.200. The van der Waals surface area contributed by atoms with Crippen molar-refractivity contribution in [1.29, 1.82) is 0 Å². The smallest absolute Gasteiger partial charge is 0.321 e. The van der Waals surface area contributed by atoms with Gasteiger partial charge in [0.05, 0.1) is 5.69 Å². The first-order valence-corrected chi connectivity index (χ1v) is 8.57. The van der Waals surface area contributed by atoms with Crippen LogP contribution in [0.25, 0.3) is 0 Å². The molecule has 0 aliphatic carbocycles. The van der Waals surface area contributed by atoms with E-state index in [0.717, 1.165) is 17.5 Å². The lowest BCUT2D eigenvalue weighted by Crippen LogP contribution is -2.40. The Kier molecular flexibility index (Phi) is 5.59. The number of benzene rings is 1. The fraction of sp³-hybridized carbons (Fsp3) is 0.333.